The van der Waals surface area contributed by atoms with Crippen LogP contribution in [-0.2, 0) is 6.54 Å². The van der Waals surface area contributed by atoms with E-state index in [2.05, 4.69) is 23.5 Å². The number of ether oxygens (including phenoxy) is 1. The zero-order valence-electron chi connectivity index (χ0n) is 15.2. The number of benzene rings is 3. The van der Waals surface area contributed by atoms with Gasteiger partial charge >= 0.3 is 0 Å². The molecule has 3 N–H and O–H groups in total. The molecule has 0 bridgehead atoms. The Morgan fingerprint density at radius 3 is 2.30 bits per heavy atom. The first-order chi connectivity index (χ1) is 12.2. The van der Waals surface area contributed by atoms with Gasteiger partial charge in [0.25, 0.3) is 0 Å². The molecule has 0 aromatic heterocycles. The van der Waals surface area contributed by atoms with E-state index < -0.39 is 0 Å². The zero-order chi connectivity index (χ0) is 17.6. The van der Waals surface area contributed by atoms with Crippen molar-refractivity contribution in [1.29, 1.82) is 0 Å². The molecule has 0 fully saturated rings. The van der Waals surface area contributed by atoms with Crippen LogP contribution in [0, 0.1) is 5.82 Å². The molecule has 0 heterocycles. The molecule has 0 amide bonds. The van der Waals surface area contributed by atoms with Gasteiger partial charge in [0.05, 0.1) is 7.11 Å². The molecule has 1 unspecified atom stereocenters. The first kappa shape index (κ1) is 23.2. The summed E-state index contributed by atoms with van der Waals surface area (Å²) in [7, 11) is 1.69. The maximum atomic E-state index is 13.0. The number of rotatable bonds is 7. The highest BCUT2D eigenvalue weighted by Crippen LogP contribution is 2.28. The summed E-state index contributed by atoms with van der Waals surface area (Å²) in [5.41, 5.74) is 8.36. The van der Waals surface area contributed by atoms with E-state index in [1.165, 1.54) is 23.1 Å². The van der Waals surface area contributed by atoms with E-state index in [-0.39, 0.29) is 36.7 Å². The molecule has 27 heavy (non-hydrogen) atoms. The van der Waals surface area contributed by atoms with Gasteiger partial charge in [-0.1, -0.05) is 42.5 Å². The lowest BCUT2D eigenvalue weighted by molar-refractivity contribution is 0.419. The van der Waals surface area contributed by atoms with Crippen LogP contribution in [0.1, 0.15) is 23.6 Å². The normalized spacial score (nSPS) is 11.4. The van der Waals surface area contributed by atoms with Gasteiger partial charge in [0.1, 0.15) is 11.6 Å². The average molecular weight is 411 g/mol. The van der Waals surface area contributed by atoms with Crippen molar-refractivity contribution in [1.82, 2.24) is 5.32 Å². The highest BCUT2D eigenvalue weighted by atomic mass is 35.5. The Hall–Kier alpha value is -1.85. The minimum Gasteiger partial charge on any atom is -0.496 e. The molecule has 146 valence electrons. The van der Waals surface area contributed by atoms with E-state index in [0.717, 1.165) is 36.2 Å². The van der Waals surface area contributed by atoms with Crippen molar-refractivity contribution >= 4 is 35.6 Å². The van der Waals surface area contributed by atoms with Gasteiger partial charge in [-0.25, -0.2) is 4.39 Å². The summed E-state index contributed by atoms with van der Waals surface area (Å²) in [6, 6.07) is 18.6. The van der Waals surface area contributed by atoms with Crippen molar-refractivity contribution in [3.63, 3.8) is 0 Å². The predicted molar refractivity (Wildman–Crippen MR) is 115 cm³/mol. The number of nitrogens with one attached hydrogen (secondary N) is 1. The molecule has 0 spiro atoms. The van der Waals surface area contributed by atoms with Crippen LogP contribution >= 0.6 is 24.8 Å². The number of halogens is 3. The lowest BCUT2D eigenvalue weighted by Gasteiger charge is -2.14. The molecule has 0 saturated heterocycles. The number of fused-ring (bicyclic) bond motifs is 1. The van der Waals surface area contributed by atoms with Crippen molar-refractivity contribution in [2.45, 2.75) is 19.0 Å². The molecule has 3 nitrogen and oxygen atoms in total. The number of hydrogen-bond donors (Lipinski definition) is 2. The predicted octanol–water partition coefficient (Wildman–Crippen LogP) is 5.01. The van der Waals surface area contributed by atoms with E-state index >= 15 is 0 Å². The van der Waals surface area contributed by atoms with Crippen LogP contribution in [0.2, 0.25) is 0 Å². The second-order valence-electron chi connectivity index (χ2n) is 6.10. The molecule has 1 atom stereocenters. The quantitative estimate of drug-likeness (QED) is 0.538. The molecular formula is C21H25Cl2FN2O. The second kappa shape index (κ2) is 11.1. The second-order valence-corrected chi connectivity index (χ2v) is 6.10. The van der Waals surface area contributed by atoms with Crippen LogP contribution in [0.3, 0.4) is 0 Å². The highest BCUT2D eigenvalue weighted by Gasteiger charge is 2.08. The molecule has 0 aliphatic rings. The minimum atomic E-state index is -0.236. The Labute approximate surface area is 171 Å². The van der Waals surface area contributed by atoms with Gasteiger partial charge < -0.3 is 15.8 Å². The van der Waals surface area contributed by atoms with Gasteiger partial charge in [-0.15, -0.1) is 24.8 Å². The number of nitrogens with two attached hydrogens (primary N) is 1. The van der Waals surface area contributed by atoms with Crippen LogP contribution in [-0.4, -0.2) is 13.7 Å². The van der Waals surface area contributed by atoms with Gasteiger partial charge in [0, 0.05) is 18.0 Å². The summed E-state index contributed by atoms with van der Waals surface area (Å²) in [5, 5.41) is 5.76. The fourth-order valence-electron chi connectivity index (χ4n) is 3.02. The summed E-state index contributed by atoms with van der Waals surface area (Å²) in [5.74, 6) is 0.651. The number of methoxy groups -OCH3 is 1. The molecule has 0 aliphatic carbocycles. The third-order valence-electron chi connectivity index (χ3n) is 4.44. The van der Waals surface area contributed by atoms with Crippen molar-refractivity contribution in [2.24, 2.45) is 5.73 Å². The standard InChI is InChI=1S/C21H23FN2O.2ClH/c1-25-21-11-8-16(18-4-2-3-5-19(18)21)14-24-13-12-20(23)15-6-9-17(22)10-7-15;;/h2-11,20,24H,12-14,23H2,1H3;2*1H. The Morgan fingerprint density at radius 1 is 0.963 bits per heavy atom. The fraction of sp³-hybridized carbons (Fsp3) is 0.238. The molecule has 0 aliphatic heterocycles. The van der Waals surface area contributed by atoms with Crippen LogP contribution < -0.4 is 15.8 Å². The molecular weight excluding hydrogens is 386 g/mol. The summed E-state index contributed by atoms with van der Waals surface area (Å²) in [6.07, 6.45) is 0.791. The number of hydrogen-bond acceptors (Lipinski definition) is 3. The smallest absolute Gasteiger partial charge is 0.126 e. The average Bonchev–Trinajstić information content (AvgIpc) is 2.65. The third-order valence-corrected chi connectivity index (χ3v) is 4.44. The highest BCUT2D eigenvalue weighted by molar-refractivity contribution is 5.91. The minimum absolute atomic E-state index is 0. The van der Waals surface area contributed by atoms with Gasteiger partial charge in [0.2, 0.25) is 0 Å². The molecule has 6 heteroatoms. The van der Waals surface area contributed by atoms with Crippen molar-refractivity contribution in [3.8, 4) is 5.75 Å². The third kappa shape index (κ3) is 5.81. The first-order valence-electron chi connectivity index (χ1n) is 8.45. The van der Waals surface area contributed by atoms with Crippen LogP contribution in [0.4, 0.5) is 4.39 Å². The molecule has 3 rings (SSSR count). The summed E-state index contributed by atoms with van der Waals surface area (Å²) in [4.78, 5) is 0. The monoisotopic (exact) mass is 410 g/mol. The summed E-state index contributed by atoms with van der Waals surface area (Å²) < 4.78 is 18.4. The van der Waals surface area contributed by atoms with Crippen LogP contribution in [0.25, 0.3) is 10.8 Å². The van der Waals surface area contributed by atoms with Crippen LogP contribution in [0.5, 0.6) is 5.75 Å². The Balaban J connectivity index is 0.00000182. The van der Waals surface area contributed by atoms with Crippen molar-refractivity contribution in [2.75, 3.05) is 13.7 Å². The van der Waals surface area contributed by atoms with Gasteiger partial charge in [0.15, 0.2) is 0 Å². The SMILES string of the molecule is COc1ccc(CNCCC(N)c2ccc(F)cc2)c2ccccc12.Cl.Cl. The van der Waals surface area contributed by atoms with Crippen LogP contribution in [0.15, 0.2) is 60.7 Å². The lowest BCUT2D eigenvalue weighted by Crippen LogP contribution is -2.21. The largest absolute Gasteiger partial charge is 0.496 e. The van der Waals surface area contributed by atoms with E-state index in [0.29, 0.717) is 0 Å². The fourth-order valence-corrected chi connectivity index (χ4v) is 3.02. The van der Waals surface area contributed by atoms with Gasteiger partial charge in [-0.2, -0.15) is 0 Å². The summed E-state index contributed by atoms with van der Waals surface area (Å²) >= 11 is 0. The topological polar surface area (TPSA) is 47.3 Å². The Bertz CT molecular complexity index is 843. The zero-order valence-corrected chi connectivity index (χ0v) is 16.8. The van der Waals surface area contributed by atoms with Crippen molar-refractivity contribution in [3.05, 3.63) is 77.6 Å². The molecule has 0 radical (unpaired) electrons. The lowest BCUT2D eigenvalue weighted by atomic mass is 10.0. The van der Waals surface area contributed by atoms with E-state index in [1.807, 2.05) is 18.2 Å². The van der Waals surface area contributed by atoms with E-state index in [9.17, 15) is 4.39 Å². The molecule has 3 aromatic carbocycles. The maximum Gasteiger partial charge on any atom is 0.126 e. The van der Waals surface area contributed by atoms with Crippen molar-refractivity contribution < 1.29 is 9.13 Å². The Morgan fingerprint density at radius 2 is 1.63 bits per heavy atom. The molecule has 0 saturated carbocycles. The molecule has 3 aromatic rings. The first-order valence-corrected chi connectivity index (χ1v) is 8.45. The Kier molecular flexibility index (Phi) is 9.53. The van der Waals surface area contributed by atoms with E-state index in [1.54, 1.807) is 19.2 Å². The van der Waals surface area contributed by atoms with Gasteiger partial charge in [-0.05, 0) is 47.7 Å². The summed E-state index contributed by atoms with van der Waals surface area (Å²) in [6.45, 7) is 1.56. The van der Waals surface area contributed by atoms with Gasteiger partial charge in [-0.3, -0.25) is 0 Å². The maximum absolute atomic E-state index is 13.0. The van der Waals surface area contributed by atoms with E-state index in [4.69, 9.17) is 10.5 Å².